The highest BCUT2D eigenvalue weighted by Gasteiger charge is 2.30. The zero-order valence-electron chi connectivity index (χ0n) is 16.6. The molecule has 0 spiro atoms. The van der Waals surface area contributed by atoms with E-state index in [0.29, 0.717) is 12.2 Å². The van der Waals surface area contributed by atoms with Gasteiger partial charge in [0, 0.05) is 33.1 Å². The second kappa shape index (κ2) is 7.42. The molecule has 0 bridgehead atoms. The van der Waals surface area contributed by atoms with E-state index in [-0.39, 0.29) is 11.8 Å². The molecule has 2 aromatic heterocycles. The normalized spacial score (nSPS) is 21.1. The zero-order chi connectivity index (χ0) is 19.0. The maximum Gasteiger partial charge on any atom is 0.272 e. The third-order valence-corrected chi connectivity index (χ3v) is 5.86. The lowest BCUT2D eigenvalue weighted by Gasteiger charge is -2.32. The van der Waals surface area contributed by atoms with E-state index in [1.54, 1.807) is 4.68 Å². The maximum absolute atomic E-state index is 12.9. The fourth-order valence-electron chi connectivity index (χ4n) is 4.35. The predicted octanol–water partition coefficient (Wildman–Crippen LogP) is 1.47. The van der Waals surface area contributed by atoms with Crippen LogP contribution in [0.5, 0.6) is 0 Å². The van der Waals surface area contributed by atoms with Gasteiger partial charge in [-0.15, -0.1) is 10.2 Å². The highest BCUT2D eigenvalue weighted by molar-refractivity contribution is 5.92. The van der Waals surface area contributed by atoms with Crippen LogP contribution in [-0.4, -0.2) is 66.4 Å². The fraction of sp³-hybridized carbons (Fsp3) is 0.684. The van der Waals surface area contributed by atoms with E-state index in [1.807, 2.05) is 24.9 Å². The van der Waals surface area contributed by atoms with Gasteiger partial charge in [-0.3, -0.25) is 14.4 Å². The molecule has 4 heterocycles. The van der Waals surface area contributed by atoms with E-state index in [9.17, 15) is 4.79 Å². The molecule has 146 valence electrons. The molecule has 0 aliphatic carbocycles. The largest absolute Gasteiger partial charge is 0.337 e. The molecule has 1 amide bonds. The van der Waals surface area contributed by atoms with Crippen molar-refractivity contribution in [3.63, 3.8) is 0 Å². The van der Waals surface area contributed by atoms with E-state index in [2.05, 4.69) is 31.8 Å². The zero-order valence-corrected chi connectivity index (χ0v) is 16.6. The molecule has 0 saturated carbocycles. The van der Waals surface area contributed by atoms with Gasteiger partial charge in [0.15, 0.2) is 0 Å². The highest BCUT2D eigenvalue weighted by Crippen LogP contribution is 2.27. The van der Waals surface area contributed by atoms with Gasteiger partial charge < -0.3 is 9.47 Å². The first-order chi connectivity index (χ1) is 13.0. The van der Waals surface area contributed by atoms with Crippen molar-refractivity contribution >= 4 is 5.91 Å². The molecule has 2 fully saturated rings. The monoisotopic (exact) mass is 371 g/mol. The van der Waals surface area contributed by atoms with Gasteiger partial charge in [-0.1, -0.05) is 0 Å². The first-order valence-corrected chi connectivity index (χ1v) is 9.93. The van der Waals surface area contributed by atoms with E-state index < -0.39 is 0 Å². The van der Waals surface area contributed by atoms with Crippen molar-refractivity contribution in [2.75, 3.05) is 26.2 Å². The van der Waals surface area contributed by atoms with Crippen molar-refractivity contribution < 1.29 is 4.79 Å². The number of likely N-dealkylation sites (tertiary alicyclic amines) is 2. The maximum atomic E-state index is 12.9. The summed E-state index contributed by atoms with van der Waals surface area (Å²) in [6.07, 6.45) is 4.58. The number of piperidine rings is 1. The second-order valence-corrected chi connectivity index (χ2v) is 7.90. The van der Waals surface area contributed by atoms with Crippen LogP contribution in [0.1, 0.15) is 59.4 Å². The SMILES string of the molecule is Cc1cc(C(=O)N2CCCC(c3nnc(CN4CCCC4)n3C)C2)n(C)n1. The first-order valence-electron chi connectivity index (χ1n) is 9.93. The lowest BCUT2D eigenvalue weighted by atomic mass is 9.97. The molecule has 2 aromatic rings. The van der Waals surface area contributed by atoms with Crippen molar-refractivity contribution in [3.05, 3.63) is 29.1 Å². The minimum atomic E-state index is 0.0576. The Morgan fingerprint density at radius 3 is 2.63 bits per heavy atom. The van der Waals surface area contributed by atoms with Gasteiger partial charge >= 0.3 is 0 Å². The summed E-state index contributed by atoms with van der Waals surface area (Å²) in [6, 6.07) is 1.86. The molecule has 0 aromatic carbocycles. The smallest absolute Gasteiger partial charge is 0.272 e. The molecule has 0 radical (unpaired) electrons. The summed E-state index contributed by atoms with van der Waals surface area (Å²) in [5.41, 5.74) is 1.52. The van der Waals surface area contributed by atoms with Crippen molar-refractivity contribution in [2.45, 2.75) is 45.1 Å². The Labute approximate surface area is 160 Å². The number of amides is 1. The molecular weight excluding hydrogens is 342 g/mol. The molecule has 2 saturated heterocycles. The number of rotatable bonds is 4. The van der Waals surface area contributed by atoms with E-state index in [4.69, 9.17) is 0 Å². The van der Waals surface area contributed by atoms with E-state index >= 15 is 0 Å². The molecule has 0 N–H and O–H groups in total. The standard InChI is InChI=1S/C19H29N7O/c1-14-11-16(24(3)22-14)19(27)26-10-6-7-15(12-26)18-21-20-17(23(18)2)13-25-8-4-5-9-25/h11,15H,4-10,12-13H2,1-3H3. The van der Waals surface area contributed by atoms with Gasteiger partial charge in [-0.2, -0.15) is 5.10 Å². The summed E-state index contributed by atoms with van der Waals surface area (Å²) < 4.78 is 3.82. The Bertz CT molecular complexity index is 818. The van der Waals surface area contributed by atoms with Crippen LogP contribution in [0.25, 0.3) is 0 Å². The summed E-state index contributed by atoms with van der Waals surface area (Å²) in [5.74, 6) is 2.32. The minimum absolute atomic E-state index is 0.0576. The topological polar surface area (TPSA) is 72.1 Å². The van der Waals surface area contributed by atoms with Gasteiger partial charge in [0.2, 0.25) is 0 Å². The van der Waals surface area contributed by atoms with Crippen LogP contribution < -0.4 is 0 Å². The number of carbonyl (C=O) groups excluding carboxylic acids is 1. The lowest BCUT2D eigenvalue weighted by Crippen LogP contribution is -2.40. The van der Waals surface area contributed by atoms with Crippen molar-refractivity contribution in [1.82, 2.24) is 34.3 Å². The summed E-state index contributed by atoms with van der Waals surface area (Å²) in [4.78, 5) is 17.3. The molecule has 1 unspecified atom stereocenters. The molecule has 1 atom stereocenters. The first kappa shape index (κ1) is 18.2. The van der Waals surface area contributed by atoms with Crippen LogP contribution in [0.15, 0.2) is 6.07 Å². The van der Waals surface area contributed by atoms with E-state index in [0.717, 1.165) is 56.4 Å². The molecule has 4 rings (SSSR count). The molecule has 8 heteroatoms. The van der Waals surface area contributed by atoms with Gasteiger partial charge in [0.05, 0.1) is 12.2 Å². The van der Waals surface area contributed by atoms with Crippen LogP contribution in [0.2, 0.25) is 0 Å². The molecule has 27 heavy (non-hydrogen) atoms. The summed E-state index contributed by atoms with van der Waals surface area (Å²) in [5, 5.41) is 13.3. The minimum Gasteiger partial charge on any atom is -0.337 e. The fourth-order valence-corrected chi connectivity index (χ4v) is 4.35. The average molecular weight is 371 g/mol. The Morgan fingerprint density at radius 1 is 1.15 bits per heavy atom. The van der Waals surface area contributed by atoms with Crippen LogP contribution in [0, 0.1) is 6.92 Å². The highest BCUT2D eigenvalue weighted by atomic mass is 16.2. The number of aryl methyl sites for hydroxylation is 2. The Kier molecular flexibility index (Phi) is 4.99. The van der Waals surface area contributed by atoms with Crippen molar-refractivity contribution in [1.29, 1.82) is 0 Å². The van der Waals surface area contributed by atoms with E-state index in [1.165, 1.54) is 12.8 Å². The average Bonchev–Trinajstić information content (AvgIpc) is 3.37. The summed E-state index contributed by atoms with van der Waals surface area (Å²) in [7, 11) is 3.89. The van der Waals surface area contributed by atoms with Crippen LogP contribution in [-0.2, 0) is 20.6 Å². The van der Waals surface area contributed by atoms with Gasteiger partial charge in [-0.25, -0.2) is 0 Å². The Balaban J connectivity index is 1.47. The van der Waals surface area contributed by atoms with Gasteiger partial charge in [-0.05, 0) is 51.8 Å². The molecule has 8 nitrogen and oxygen atoms in total. The number of aromatic nitrogens is 5. The molecular formula is C19H29N7O. The molecule has 2 aliphatic heterocycles. The predicted molar refractivity (Wildman–Crippen MR) is 101 cm³/mol. The second-order valence-electron chi connectivity index (χ2n) is 7.90. The number of nitrogens with zero attached hydrogens (tertiary/aromatic N) is 7. The van der Waals surface area contributed by atoms with Crippen molar-refractivity contribution in [3.8, 4) is 0 Å². The number of hydrogen-bond donors (Lipinski definition) is 0. The number of hydrogen-bond acceptors (Lipinski definition) is 5. The van der Waals surface area contributed by atoms with Gasteiger partial charge in [0.1, 0.15) is 17.3 Å². The van der Waals surface area contributed by atoms with Gasteiger partial charge in [0.25, 0.3) is 5.91 Å². The summed E-state index contributed by atoms with van der Waals surface area (Å²) >= 11 is 0. The lowest BCUT2D eigenvalue weighted by molar-refractivity contribution is 0.0692. The van der Waals surface area contributed by atoms with Crippen LogP contribution >= 0.6 is 0 Å². The Morgan fingerprint density at radius 2 is 1.93 bits per heavy atom. The van der Waals surface area contributed by atoms with Crippen molar-refractivity contribution in [2.24, 2.45) is 14.1 Å². The van der Waals surface area contributed by atoms with Crippen LogP contribution in [0.3, 0.4) is 0 Å². The molecule has 2 aliphatic rings. The number of carbonyl (C=O) groups is 1. The van der Waals surface area contributed by atoms with Crippen LogP contribution in [0.4, 0.5) is 0 Å². The quantitative estimate of drug-likeness (QED) is 0.814. The summed E-state index contributed by atoms with van der Waals surface area (Å²) in [6.45, 7) is 6.57. The Hall–Kier alpha value is -2.22. The third-order valence-electron chi connectivity index (χ3n) is 5.86. The third kappa shape index (κ3) is 3.63.